The molecule has 2 aromatic heterocycles. The summed E-state index contributed by atoms with van der Waals surface area (Å²) in [4.78, 5) is 17.4. The molecule has 0 aliphatic carbocycles. The second-order valence-electron chi connectivity index (χ2n) is 6.78. The summed E-state index contributed by atoms with van der Waals surface area (Å²) >= 11 is 0. The summed E-state index contributed by atoms with van der Waals surface area (Å²) in [5, 5.41) is 2.26. The Hall–Kier alpha value is -3.80. The van der Waals surface area contributed by atoms with Gasteiger partial charge in [-0.2, -0.15) is 0 Å². The summed E-state index contributed by atoms with van der Waals surface area (Å²) in [7, 11) is 6.57. The highest BCUT2D eigenvalue weighted by atomic mass is 16.5. The van der Waals surface area contributed by atoms with Gasteiger partial charge in [0, 0.05) is 35.1 Å². The normalized spacial score (nSPS) is 11.3. The van der Waals surface area contributed by atoms with Crippen LogP contribution in [0.25, 0.3) is 27.9 Å². The van der Waals surface area contributed by atoms with E-state index < -0.39 is 0 Å². The van der Waals surface area contributed by atoms with Crippen LogP contribution >= 0.6 is 0 Å². The lowest BCUT2D eigenvalue weighted by atomic mass is 10.1. The molecule has 0 atom stereocenters. The van der Waals surface area contributed by atoms with Gasteiger partial charge in [0.25, 0.3) is 0 Å². The number of para-hydroxylation sites is 1. The summed E-state index contributed by atoms with van der Waals surface area (Å²) in [6.45, 7) is 0. The van der Waals surface area contributed by atoms with Gasteiger partial charge in [-0.1, -0.05) is 18.2 Å². The molecule has 152 valence electrons. The molecule has 0 N–H and O–H groups in total. The molecule has 0 saturated heterocycles. The molecule has 6 heteroatoms. The molecular formula is C24H22N2O4. The van der Waals surface area contributed by atoms with Gasteiger partial charge in [-0.05, 0) is 36.4 Å². The van der Waals surface area contributed by atoms with Crippen molar-refractivity contribution in [2.75, 3.05) is 21.3 Å². The van der Waals surface area contributed by atoms with Crippen LogP contribution in [0.1, 0.15) is 16.1 Å². The third-order valence-electron chi connectivity index (χ3n) is 5.19. The van der Waals surface area contributed by atoms with Crippen molar-refractivity contribution in [3.05, 3.63) is 66.0 Å². The fourth-order valence-electron chi connectivity index (χ4n) is 3.75. The number of benzene rings is 2. The van der Waals surface area contributed by atoms with E-state index in [0.29, 0.717) is 22.8 Å². The number of nitrogens with zero attached hydrogens (tertiary/aromatic N) is 2. The van der Waals surface area contributed by atoms with Crippen LogP contribution in [0.15, 0.2) is 54.7 Å². The van der Waals surface area contributed by atoms with Gasteiger partial charge >= 0.3 is 0 Å². The molecule has 4 rings (SSSR count). The van der Waals surface area contributed by atoms with Crippen molar-refractivity contribution in [1.82, 2.24) is 9.55 Å². The fourth-order valence-corrected chi connectivity index (χ4v) is 3.75. The van der Waals surface area contributed by atoms with Gasteiger partial charge in [-0.3, -0.25) is 9.78 Å². The number of allylic oxidation sites excluding steroid dienone is 1. The van der Waals surface area contributed by atoms with E-state index in [2.05, 4.69) is 21.7 Å². The first kappa shape index (κ1) is 19.5. The van der Waals surface area contributed by atoms with E-state index in [1.165, 1.54) is 27.4 Å². The molecule has 0 radical (unpaired) electrons. The number of hydrogen-bond acceptors (Lipinski definition) is 5. The zero-order chi connectivity index (χ0) is 21.3. The second-order valence-corrected chi connectivity index (χ2v) is 6.78. The maximum atomic E-state index is 12.9. The van der Waals surface area contributed by atoms with Gasteiger partial charge in [0.2, 0.25) is 5.75 Å². The van der Waals surface area contributed by atoms with Gasteiger partial charge in [-0.25, -0.2) is 0 Å². The van der Waals surface area contributed by atoms with Crippen LogP contribution in [0.5, 0.6) is 17.2 Å². The summed E-state index contributed by atoms with van der Waals surface area (Å²) in [6, 6.07) is 13.5. The van der Waals surface area contributed by atoms with Crippen LogP contribution in [0.3, 0.4) is 0 Å². The molecule has 0 aliphatic rings. The molecule has 0 fully saturated rings. The third-order valence-corrected chi connectivity index (χ3v) is 5.19. The maximum absolute atomic E-state index is 12.9. The van der Waals surface area contributed by atoms with Gasteiger partial charge in [0.15, 0.2) is 17.3 Å². The molecule has 6 nitrogen and oxygen atoms in total. The second kappa shape index (κ2) is 7.91. The average molecular weight is 402 g/mol. The quantitative estimate of drug-likeness (QED) is 0.347. The SMILES string of the molecule is COc1cc(C(=O)/C=C/c2nccc3c4ccccc4n(C)c23)cc(OC)c1OC. The van der Waals surface area contributed by atoms with Crippen LogP contribution in [0.2, 0.25) is 0 Å². The van der Waals surface area contributed by atoms with E-state index in [0.717, 1.165) is 27.5 Å². The molecule has 2 aromatic carbocycles. The Morgan fingerprint density at radius 2 is 1.67 bits per heavy atom. The molecule has 2 heterocycles. The number of hydrogen-bond donors (Lipinski definition) is 0. The Morgan fingerprint density at radius 3 is 2.33 bits per heavy atom. The van der Waals surface area contributed by atoms with Gasteiger partial charge in [0.05, 0.1) is 32.5 Å². The minimum Gasteiger partial charge on any atom is -0.493 e. The number of rotatable bonds is 6. The summed E-state index contributed by atoms with van der Waals surface area (Å²) < 4.78 is 18.1. The first-order chi connectivity index (χ1) is 14.6. The standard InChI is InChI=1S/C24H22N2O4/c1-26-19-8-6-5-7-16(19)17-11-12-25-18(23(17)26)9-10-20(27)15-13-21(28-2)24(30-4)22(14-15)29-3/h5-14H,1-4H3/b10-9+. The van der Waals surface area contributed by atoms with Crippen LogP contribution in [0.4, 0.5) is 0 Å². The van der Waals surface area contributed by atoms with Crippen LogP contribution in [0, 0.1) is 0 Å². The molecule has 30 heavy (non-hydrogen) atoms. The first-order valence-corrected chi connectivity index (χ1v) is 9.43. The summed E-state index contributed by atoms with van der Waals surface area (Å²) in [6.07, 6.45) is 5.02. The van der Waals surface area contributed by atoms with E-state index in [-0.39, 0.29) is 5.78 Å². The molecule has 0 spiro atoms. The summed E-state index contributed by atoms with van der Waals surface area (Å²) in [5.74, 6) is 1.12. The molecule has 4 aromatic rings. The number of methoxy groups -OCH3 is 3. The Morgan fingerprint density at radius 1 is 0.967 bits per heavy atom. The minimum atomic E-state index is -0.188. The lowest BCUT2D eigenvalue weighted by Gasteiger charge is -2.13. The zero-order valence-electron chi connectivity index (χ0n) is 17.3. The van der Waals surface area contributed by atoms with Crippen molar-refractivity contribution >= 4 is 33.7 Å². The first-order valence-electron chi connectivity index (χ1n) is 9.43. The van der Waals surface area contributed by atoms with Crippen LogP contribution in [-0.4, -0.2) is 36.7 Å². The van der Waals surface area contributed by atoms with Crippen molar-refractivity contribution in [3.63, 3.8) is 0 Å². The Balaban J connectivity index is 1.76. The zero-order valence-corrected chi connectivity index (χ0v) is 17.3. The Labute approximate surface area is 174 Å². The lowest BCUT2D eigenvalue weighted by molar-refractivity contribution is 0.104. The highest BCUT2D eigenvalue weighted by molar-refractivity contribution is 6.12. The number of ether oxygens (including phenoxy) is 3. The van der Waals surface area contributed by atoms with Crippen molar-refractivity contribution in [1.29, 1.82) is 0 Å². The number of pyridine rings is 1. The van der Waals surface area contributed by atoms with Crippen molar-refractivity contribution in [3.8, 4) is 17.2 Å². The monoisotopic (exact) mass is 402 g/mol. The predicted octanol–water partition coefficient (Wildman–Crippen LogP) is 4.65. The van der Waals surface area contributed by atoms with Gasteiger partial charge in [-0.15, -0.1) is 0 Å². The molecular weight excluding hydrogens is 380 g/mol. The smallest absolute Gasteiger partial charge is 0.203 e. The number of aryl methyl sites for hydroxylation is 1. The molecule has 0 bridgehead atoms. The topological polar surface area (TPSA) is 62.6 Å². The lowest BCUT2D eigenvalue weighted by Crippen LogP contribution is -2.00. The third kappa shape index (κ3) is 3.16. The van der Waals surface area contributed by atoms with Crippen molar-refractivity contribution in [2.45, 2.75) is 0 Å². The van der Waals surface area contributed by atoms with Crippen LogP contribution < -0.4 is 14.2 Å². The van der Waals surface area contributed by atoms with E-state index in [1.54, 1.807) is 24.4 Å². The van der Waals surface area contributed by atoms with Crippen molar-refractivity contribution < 1.29 is 19.0 Å². The molecule has 0 unspecified atom stereocenters. The maximum Gasteiger partial charge on any atom is 0.203 e. The molecule has 0 amide bonds. The van der Waals surface area contributed by atoms with Crippen LogP contribution in [-0.2, 0) is 7.05 Å². The van der Waals surface area contributed by atoms with E-state index in [1.807, 2.05) is 25.2 Å². The minimum absolute atomic E-state index is 0.188. The number of ketones is 1. The number of carbonyl (C=O) groups excluding carboxylic acids is 1. The van der Waals surface area contributed by atoms with E-state index >= 15 is 0 Å². The van der Waals surface area contributed by atoms with Crippen molar-refractivity contribution in [2.24, 2.45) is 7.05 Å². The van der Waals surface area contributed by atoms with Gasteiger partial charge in [0.1, 0.15) is 0 Å². The van der Waals surface area contributed by atoms with E-state index in [9.17, 15) is 4.79 Å². The predicted molar refractivity (Wildman–Crippen MR) is 118 cm³/mol. The largest absolute Gasteiger partial charge is 0.493 e. The Kier molecular flexibility index (Phi) is 5.14. The Bertz CT molecular complexity index is 1260. The van der Waals surface area contributed by atoms with Gasteiger partial charge < -0.3 is 18.8 Å². The average Bonchev–Trinajstić information content (AvgIpc) is 3.09. The number of fused-ring (bicyclic) bond motifs is 3. The fraction of sp³-hybridized carbons (Fsp3) is 0.167. The molecule has 0 aliphatic heterocycles. The highest BCUT2D eigenvalue weighted by Gasteiger charge is 2.16. The summed E-state index contributed by atoms with van der Waals surface area (Å²) in [5.41, 5.74) is 3.26. The highest BCUT2D eigenvalue weighted by Crippen LogP contribution is 2.38. The molecule has 0 saturated carbocycles. The number of carbonyl (C=O) groups is 1. The number of aromatic nitrogens is 2. The van der Waals surface area contributed by atoms with E-state index in [4.69, 9.17) is 14.2 Å².